The lowest BCUT2D eigenvalue weighted by Crippen LogP contribution is -2.24. The zero-order chi connectivity index (χ0) is 15.7. The molecule has 0 atom stereocenters. The second-order valence-corrected chi connectivity index (χ2v) is 5.36. The highest BCUT2D eigenvalue weighted by Crippen LogP contribution is 2.28. The first-order valence-corrected chi connectivity index (χ1v) is 7.28. The number of imidazole rings is 1. The number of aromatic carboxylic acids is 1. The molecule has 0 aliphatic rings. The Balaban J connectivity index is 2.81. The topological polar surface area (TPSA) is 70.7 Å². The second kappa shape index (κ2) is 5.71. The molecule has 21 heavy (non-hydrogen) atoms. The van der Waals surface area contributed by atoms with Crippen molar-refractivity contribution in [2.45, 2.75) is 40.5 Å². The fourth-order valence-corrected chi connectivity index (χ4v) is 2.72. The second-order valence-electron chi connectivity index (χ2n) is 5.36. The number of aryl methyl sites for hydroxylation is 1. The zero-order valence-corrected chi connectivity index (χ0v) is 13.2. The van der Waals surface area contributed by atoms with Crippen molar-refractivity contribution in [3.63, 3.8) is 0 Å². The number of carboxylic acids is 1. The highest BCUT2D eigenvalue weighted by molar-refractivity contribution is 5.91. The summed E-state index contributed by atoms with van der Waals surface area (Å²) in [5.41, 5.74) is 2.48. The first kappa shape index (κ1) is 15.3. The Labute approximate surface area is 124 Å². The lowest BCUT2D eigenvalue weighted by atomic mass is 10.00. The molecule has 0 amide bonds. The average Bonchev–Trinajstić information content (AvgIpc) is 2.75. The van der Waals surface area contributed by atoms with Gasteiger partial charge in [-0.1, -0.05) is 13.8 Å². The molecule has 2 rings (SSSR count). The molecule has 114 valence electrons. The molecule has 0 aromatic carbocycles. The Kier molecular flexibility index (Phi) is 4.16. The van der Waals surface area contributed by atoms with E-state index in [0.717, 1.165) is 30.2 Å². The maximum atomic E-state index is 11.4. The fourth-order valence-electron chi connectivity index (χ4n) is 2.72. The molecule has 2 aromatic heterocycles. The highest BCUT2D eigenvalue weighted by Gasteiger charge is 2.23. The molecule has 0 saturated heterocycles. The lowest BCUT2D eigenvalue weighted by Gasteiger charge is -2.20. The quantitative estimate of drug-likeness (QED) is 0.916. The van der Waals surface area contributed by atoms with Gasteiger partial charge in [0.2, 0.25) is 0 Å². The summed E-state index contributed by atoms with van der Waals surface area (Å²) >= 11 is 0. The van der Waals surface area contributed by atoms with Crippen LogP contribution in [0.25, 0.3) is 5.65 Å². The molecule has 0 aliphatic carbocycles. The smallest absolute Gasteiger partial charge is 0.337 e. The van der Waals surface area contributed by atoms with E-state index < -0.39 is 5.97 Å². The summed E-state index contributed by atoms with van der Waals surface area (Å²) in [6, 6.07) is 0. The van der Waals surface area contributed by atoms with Gasteiger partial charge in [0.25, 0.3) is 0 Å². The molecule has 0 spiro atoms. The fraction of sp³-hybridized carbons (Fsp3) is 0.533. The molecular formula is C15H22N4O2. The van der Waals surface area contributed by atoms with E-state index in [2.05, 4.69) is 28.8 Å². The summed E-state index contributed by atoms with van der Waals surface area (Å²) in [7, 11) is 0. The van der Waals surface area contributed by atoms with E-state index in [1.165, 1.54) is 6.20 Å². The number of rotatable bonds is 5. The number of aromatic nitrogens is 3. The lowest BCUT2D eigenvalue weighted by molar-refractivity contribution is 0.0694. The van der Waals surface area contributed by atoms with Crippen LogP contribution >= 0.6 is 0 Å². The molecule has 0 saturated carbocycles. The van der Waals surface area contributed by atoms with Crippen molar-refractivity contribution in [3.8, 4) is 0 Å². The maximum absolute atomic E-state index is 11.4. The number of carboxylic acid groups (broad SMARTS) is 1. The van der Waals surface area contributed by atoms with E-state index in [1.807, 2.05) is 20.8 Å². The molecule has 0 unspecified atom stereocenters. The van der Waals surface area contributed by atoms with Crippen molar-refractivity contribution in [1.29, 1.82) is 0 Å². The first-order chi connectivity index (χ1) is 9.92. The molecule has 0 radical (unpaired) electrons. The number of fused-ring (bicyclic) bond motifs is 1. The van der Waals surface area contributed by atoms with Crippen LogP contribution in [-0.4, -0.2) is 38.8 Å². The van der Waals surface area contributed by atoms with Gasteiger partial charge in [-0.25, -0.2) is 9.78 Å². The van der Waals surface area contributed by atoms with E-state index in [0.29, 0.717) is 5.65 Å². The molecule has 1 N–H and O–H groups in total. The third-order valence-electron chi connectivity index (χ3n) is 3.70. The molecule has 0 bridgehead atoms. The Hall–Kier alpha value is -2.11. The third kappa shape index (κ3) is 2.46. The SMILES string of the molecule is CCN(CC)c1c(C)nc2c(C(C)C)c(C(=O)O)cnn12. The van der Waals surface area contributed by atoms with E-state index in [1.54, 1.807) is 4.52 Å². The van der Waals surface area contributed by atoms with Gasteiger partial charge in [-0.05, 0) is 26.7 Å². The van der Waals surface area contributed by atoms with Crippen molar-refractivity contribution in [1.82, 2.24) is 14.6 Å². The monoisotopic (exact) mass is 290 g/mol. The summed E-state index contributed by atoms with van der Waals surface area (Å²) in [5, 5.41) is 13.7. The van der Waals surface area contributed by atoms with Crippen molar-refractivity contribution >= 4 is 17.4 Å². The first-order valence-electron chi connectivity index (χ1n) is 7.28. The van der Waals surface area contributed by atoms with Crippen molar-refractivity contribution in [2.24, 2.45) is 0 Å². The average molecular weight is 290 g/mol. The highest BCUT2D eigenvalue weighted by atomic mass is 16.4. The largest absolute Gasteiger partial charge is 0.478 e. The number of nitrogens with zero attached hydrogens (tertiary/aromatic N) is 4. The van der Waals surface area contributed by atoms with Crippen LogP contribution in [0.3, 0.4) is 0 Å². The number of carbonyl (C=O) groups is 1. The van der Waals surface area contributed by atoms with Gasteiger partial charge in [0.1, 0.15) is 0 Å². The van der Waals surface area contributed by atoms with Crippen molar-refractivity contribution in [2.75, 3.05) is 18.0 Å². The summed E-state index contributed by atoms with van der Waals surface area (Å²) in [4.78, 5) is 18.2. The van der Waals surface area contributed by atoms with E-state index >= 15 is 0 Å². The van der Waals surface area contributed by atoms with Crippen LogP contribution in [0.5, 0.6) is 0 Å². The number of anilines is 1. The van der Waals surface area contributed by atoms with Crippen LogP contribution in [0.1, 0.15) is 55.2 Å². The minimum Gasteiger partial charge on any atom is -0.478 e. The Bertz CT molecular complexity index is 672. The van der Waals surface area contributed by atoms with Crippen LogP contribution in [0, 0.1) is 6.92 Å². The van der Waals surface area contributed by atoms with E-state index in [9.17, 15) is 9.90 Å². The maximum Gasteiger partial charge on any atom is 0.337 e. The van der Waals surface area contributed by atoms with Gasteiger partial charge in [0.15, 0.2) is 11.5 Å². The van der Waals surface area contributed by atoms with Gasteiger partial charge in [-0.3, -0.25) is 0 Å². The van der Waals surface area contributed by atoms with Gasteiger partial charge in [0, 0.05) is 18.7 Å². The van der Waals surface area contributed by atoms with Crippen LogP contribution < -0.4 is 4.90 Å². The number of hydrogen-bond donors (Lipinski definition) is 1. The van der Waals surface area contributed by atoms with Gasteiger partial charge in [-0.15, -0.1) is 0 Å². The minimum absolute atomic E-state index is 0.0629. The summed E-state index contributed by atoms with van der Waals surface area (Å²) in [6.07, 6.45) is 1.43. The number of hydrogen-bond acceptors (Lipinski definition) is 4. The molecular weight excluding hydrogens is 268 g/mol. The van der Waals surface area contributed by atoms with Gasteiger partial charge >= 0.3 is 5.97 Å². The summed E-state index contributed by atoms with van der Waals surface area (Å²) < 4.78 is 1.77. The van der Waals surface area contributed by atoms with E-state index in [4.69, 9.17) is 0 Å². The van der Waals surface area contributed by atoms with Crippen LogP contribution in [0.15, 0.2) is 6.20 Å². The summed E-state index contributed by atoms with van der Waals surface area (Å²) in [5.74, 6) is 0.0422. The van der Waals surface area contributed by atoms with Crippen LogP contribution in [-0.2, 0) is 0 Å². The Morgan fingerprint density at radius 3 is 2.48 bits per heavy atom. The van der Waals surface area contributed by atoms with E-state index in [-0.39, 0.29) is 11.5 Å². The summed E-state index contributed by atoms with van der Waals surface area (Å²) in [6.45, 7) is 11.8. The van der Waals surface area contributed by atoms with Crippen LogP contribution in [0.2, 0.25) is 0 Å². The Morgan fingerprint density at radius 1 is 1.38 bits per heavy atom. The molecule has 6 heteroatoms. The zero-order valence-electron chi connectivity index (χ0n) is 13.2. The van der Waals surface area contributed by atoms with Crippen molar-refractivity contribution in [3.05, 3.63) is 23.0 Å². The minimum atomic E-state index is -0.959. The van der Waals surface area contributed by atoms with Gasteiger partial charge < -0.3 is 10.0 Å². The predicted molar refractivity (Wildman–Crippen MR) is 82.3 cm³/mol. The van der Waals surface area contributed by atoms with Crippen molar-refractivity contribution < 1.29 is 9.90 Å². The molecule has 2 heterocycles. The van der Waals surface area contributed by atoms with Gasteiger partial charge in [0.05, 0.1) is 17.5 Å². The normalized spacial score (nSPS) is 11.3. The predicted octanol–water partition coefficient (Wildman–Crippen LogP) is 2.71. The molecule has 6 nitrogen and oxygen atoms in total. The van der Waals surface area contributed by atoms with Crippen LogP contribution in [0.4, 0.5) is 5.82 Å². The van der Waals surface area contributed by atoms with Gasteiger partial charge in [-0.2, -0.15) is 9.61 Å². The molecule has 2 aromatic rings. The molecule has 0 fully saturated rings. The molecule has 0 aliphatic heterocycles. The third-order valence-corrected chi connectivity index (χ3v) is 3.70. The standard InChI is InChI=1S/C15H22N4O2/c1-6-18(7-2)14-10(5)17-13-12(9(3)4)11(15(20)21)8-16-19(13)14/h8-9H,6-7H2,1-5H3,(H,20,21). The Morgan fingerprint density at radius 2 is 2.00 bits per heavy atom.